The zero-order chi connectivity index (χ0) is 18.5. The van der Waals surface area contributed by atoms with Gasteiger partial charge in [0, 0.05) is 0 Å². The SMILES string of the molecule is C=C(/C=C\C=C/C)C1=C(C)C=C(C)CC1C(C)(C=CC)C(C)(C)C. The lowest BCUT2D eigenvalue weighted by Crippen LogP contribution is -2.40. The van der Waals surface area contributed by atoms with Crippen molar-refractivity contribution in [3.8, 4) is 0 Å². The van der Waals surface area contributed by atoms with E-state index >= 15 is 0 Å². The van der Waals surface area contributed by atoms with Crippen molar-refractivity contribution in [1.29, 1.82) is 0 Å². The zero-order valence-corrected chi connectivity index (χ0v) is 17.0. The highest BCUT2D eigenvalue weighted by Gasteiger charge is 2.44. The van der Waals surface area contributed by atoms with Crippen molar-refractivity contribution >= 4 is 0 Å². The normalized spacial score (nSPS) is 22.5. The molecule has 2 atom stereocenters. The van der Waals surface area contributed by atoms with Crippen molar-refractivity contribution in [2.45, 2.75) is 61.8 Å². The lowest BCUT2D eigenvalue weighted by atomic mass is 9.55. The average Bonchev–Trinajstić information content (AvgIpc) is 2.45. The minimum absolute atomic E-state index is 0.0746. The number of hydrogen-bond donors (Lipinski definition) is 0. The van der Waals surface area contributed by atoms with Gasteiger partial charge in [-0.15, -0.1) is 0 Å². The Hall–Kier alpha value is -1.56. The zero-order valence-electron chi connectivity index (χ0n) is 17.0. The van der Waals surface area contributed by atoms with E-state index in [1.807, 2.05) is 13.0 Å². The maximum atomic E-state index is 4.40. The highest BCUT2D eigenvalue weighted by molar-refractivity contribution is 5.50. The van der Waals surface area contributed by atoms with Crippen LogP contribution < -0.4 is 0 Å². The molecule has 0 heteroatoms. The predicted molar refractivity (Wildman–Crippen MR) is 110 cm³/mol. The van der Waals surface area contributed by atoms with E-state index in [2.05, 4.69) is 91.5 Å². The molecule has 0 aliphatic heterocycles. The van der Waals surface area contributed by atoms with E-state index in [0.29, 0.717) is 5.92 Å². The molecule has 0 bridgehead atoms. The van der Waals surface area contributed by atoms with Crippen LogP contribution in [0.25, 0.3) is 0 Å². The second kappa shape index (κ2) is 8.01. The van der Waals surface area contributed by atoms with Gasteiger partial charge in [-0.2, -0.15) is 0 Å². The summed E-state index contributed by atoms with van der Waals surface area (Å²) in [6.07, 6.45) is 16.4. The summed E-state index contributed by atoms with van der Waals surface area (Å²) >= 11 is 0. The fourth-order valence-corrected chi connectivity index (χ4v) is 3.80. The molecule has 0 N–H and O–H groups in total. The van der Waals surface area contributed by atoms with Gasteiger partial charge in [0.15, 0.2) is 0 Å². The number of hydrogen-bond acceptors (Lipinski definition) is 0. The molecule has 0 nitrogen and oxygen atoms in total. The fraction of sp³-hybridized carbons (Fsp3) is 0.500. The third-order valence-corrected chi connectivity index (χ3v) is 5.56. The van der Waals surface area contributed by atoms with Crippen LogP contribution in [0.15, 0.2) is 71.4 Å². The first-order chi connectivity index (χ1) is 11.1. The van der Waals surface area contributed by atoms with E-state index in [4.69, 9.17) is 0 Å². The van der Waals surface area contributed by atoms with E-state index in [1.54, 1.807) is 0 Å². The summed E-state index contributed by atoms with van der Waals surface area (Å²) in [6, 6.07) is 0. The molecule has 1 aliphatic rings. The van der Waals surface area contributed by atoms with Crippen molar-refractivity contribution in [3.63, 3.8) is 0 Å². The van der Waals surface area contributed by atoms with Gasteiger partial charge in [-0.05, 0) is 67.6 Å². The second-order valence-corrected chi connectivity index (χ2v) is 8.29. The Bertz CT molecular complexity index is 611. The third-order valence-electron chi connectivity index (χ3n) is 5.56. The Morgan fingerprint density at radius 1 is 1.08 bits per heavy atom. The predicted octanol–water partition coefficient (Wildman–Crippen LogP) is 7.59. The Morgan fingerprint density at radius 3 is 2.21 bits per heavy atom. The van der Waals surface area contributed by atoms with Gasteiger partial charge in [0.25, 0.3) is 0 Å². The van der Waals surface area contributed by atoms with Crippen LogP contribution in [0.5, 0.6) is 0 Å². The minimum Gasteiger partial charge on any atom is -0.0915 e. The van der Waals surface area contributed by atoms with Crippen molar-refractivity contribution in [1.82, 2.24) is 0 Å². The lowest BCUT2D eigenvalue weighted by molar-refractivity contribution is 0.107. The number of allylic oxidation sites excluding steroid dienone is 11. The average molecular weight is 325 g/mol. The molecule has 1 aliphatic carbocycles. The van der Waals surface area contributed by atoms with Gasteiger partial charge in [-0.1, -0.05) is 82.4 Å². The minimum atomic E-state index is 0.0746. The van der Waals surface area contributed by atoms with Crippen molar-refractivity contribution < 1.29 is 0 Å². The van der Waals surface area contributed by atoms with Crippen LogP contribution in [-0.2, 0) is 0 Å². The molecule has 1 rings (SSSR count). The first-order valence-electron chi connectivity index (χ1n) is 9.09. The molecule has 24 heavy (non-hydrogen) atoms. The molecular weight excluding hydrogens is 288 g/mol. The Balaban J connectivity index is 3.49. The van der Waals surface area contributed by atoms with Gasteiger partial charge in [-0.3, -0.25) is 0 Å². The molecule has 2 unspecified atom stereocenters. The standard InChI is InChI=1S/C24H36/c1-10-12-13-14-19(4)22-20(5)16-18(3)17-21(22)24(9,15-11-2)23(6,7)8/h10-16,21H,4,17H2,1-3,5-9H3/b12-10-,14-13-,15-11?. The maximum Gasteiger partial charge on any atom is -0.00228 e. The molecule has 0 spiro atoms. The highest BCUT2D eigenvalue weighted by Crippen LogP contribution is 2.53. The van der Waals surface area contributed by atoms with Crippen LogP contribution in [0.2, 0.25) is 0 Å². The first kappa shape index (κ1) is 20.5. The molecule has 0 saturated heterocycles. The van der Waals surface area contributed by atoms with Crippen molar-refractivity contribution in [3.05, 3.63) is 71.4 Å². The molecule has 0 saturated carbocycles. The molecular formula is C24H36. The molecule has 0 amide bonds. The van der Waals surface area contributed by atoms with Crippen LogP contribution in [-0.4, -0.2) is 0 Å². The molecule has 0 aromatic heterocycles. The summed E-state index contributed by atoms with van der Waals surface area (Å²) < 4.78 is 0. The molecule has 132 valence electrons. The van der Waals surface area contributed by atoms with Crippen LogP contribution in [0, 0.1) is 16.7 Å². The van der Waals surface area contributed by atoms with Gasteiger partial charge in [-0.25, -0.2) is 0 Å². The van der Waals surface area contributed by atoms with Gasteiger partial charge >= 0.3 is 0 Å². The molecule has 0 radical (unpaired) electrons. The lowest BCUT2D eigenvalue weighted by Gasteiger charge is -2.48. The highest BCUT2D eigenvalue weighted by atomic mass is 14.5. The van der Waals surface area contributed by atoms with Crippen LogP contribution in [0.1, 0.15) is 61.8 Å². The van der Waals surface area contributed by atoms with E-state index in [1.165, 1.54) is 16.7 Å². The topological polar surface area (TPSA) is 0 Å². The largest absolute Gasteiger partial charge is 0.0915 e. The van der Waals surface area contributed by atoms with Crippen molar-refractivity contribution in [2.75, 3.05) is 0 Å². The monoisotopic (exact) mass is 324 g/mol. The van der Waals surface area contributed by atoms with Crippen LogP contribution >= 0.6 is 0 Å². The third kappa shape index (κ3) is 4.29. The Morgan fingerprint density at radius 2 is 1.71 bits per heavy atom. The summed E-state index contributed by atoms with van der Waals surface area (Å²) in [5.41, 5.74) is 5.62. The van der Waals surface area contributed by atoms with E-state index in [0.717, 1.165) is 12.0 Å². The van der Waals surface area contributed by atoms with E-state index < -0.39 is 0 Å². The summed E-state index contributed by atoms with van der Waals surface area (Å²) in [4.78, 5) is 0. The van der Waals surface area contributed by atoms with Gasteiger partial charge in [0.1, 0.15) is 0 Å². The Kier molecular flexibility index (Phi) is 6.84. The van der Waals surface area contributed by atoms with Crippen molar-refractivity contribution in [2.24, 2.45) is 16.7 Å². The van der Waals surface area contributed by atoms with E-state index in [9.17, 15) is 0 Å². The molecule has 0 aromatic rings. The van der Waals surface area contributed by atoms with Crippen LogP contribution in [0.3, 0.4) is 0 Å². The quantitative estimate of drug-likeness (QED) is 0.361. The molecule has 0 fully saturated rings. The maximum absolute atomic E-state index is 4.40. The summed E-state index contributed by atoms with van der Waals surface area (Å²) in [6.45, 7) is 22.5. The molecule has 0 aromatic carbocycles. The fourth-order valence-electron chi connectivity index (χ4n) is 3.80. The second-order valence-electron chi connectivity index (χ2n) is 8.29. The smallest absolute Gasteiger partial charge is 0.00228 e. The van der Waals surface area contributed by atoms with Gasteiger partial charge in [0.05, 0.1) is 0 Å². The molecule has 0 heterocycles. The summed E-state index contributed by atoms with van der Waals surface area (Å²) in [5, 5.41) is 0. The first-order valence-corrected chi connectivity index (χ1v) is 9.09. The Labute approximate surface area is 150 Å². The van der Waals surface area contributed by atoms with Gasteiger partial charge in [0.2, 0.25) is 0 Å². The van der Waals surface area contributed by atoms with Crippen LogP contribution in [0.4, 0.5) is 0 Å². The van der Waals surface area contributed by atoms with E-state index in [-0.39, 0.29) is 10.8 Å². The summed E-state index contributed by atoms with van der Waals surface area (Å²) in [5.74, 6) is 0.446. The number of rotatable bonds is 5. The van der Waals surface area contributed by atoms with Gasteiger partial charge < -0.3 is 0 Å². The summed E-state index contributed by atoms with van der Waals surface area (Å²) in [7, 11) is 0.